The van der Waals surface area contributed by atoms with Crippen LogP contribution in [0.2, 0.25) is 0 Å². The van der Waals surface area contributed by atoms with Crippen molar-refractivity contribution in [2.24, 2.45) is 5.92 Å². The van der Waals surface area contributed by atoms with E-state index >= 15 is 0 Å². The summed E-state index contributed by atoms with van der Waals surface area (Å²) in [5.41, 5.74) is 0. The van der Waals surface area contributed by atoms with Crippen molar-refractivity contribution in [1.29, 1.82) is 0 Å². The van der Waals surface area contributed by atoms with Crippen LogP contribution in [0.25, 0.3) is 0 Å². The first-order valence-corrected chi connectivity index (χ1v) is 6.29. The van der Waals surface area contributed by atoms with Crippen molar-refractivity contribution >= 4 is 42.1 Å². The zero-order valence-corrected chi connectivity index (χ0v) is 11.6. The van der Waals surface area contributed by atoms with Crippen LogP contribution in [-0.2, 0) is 9.36 Å². The van der Waals surface area contributed by atoms with E-state index in [2.05, 4.69) is 16.1 Å². The Morgan fingerprint density at radius 2 is 1.87 bits per heavy atom. The van der Waals surface area contributed by atoms with Crippen LogP contribution < -0.4 is 0 Å². The van der Waals surface area contributed by atoms with Crippen LogP contribution in [0.4, 0.5) is 0 Å². The molecule has 0 rings (SSSR count). The van der Waals surface area contributed by atoms with E-state index in [0.29, 0.717) is 12.3 Å². The Bertz CT molecular complexity index is 212. The molecular formula is C6H14BrClNO5P. The molecule has 0 aliphatic carbocycles. The number of aliphatic carboxylic acids is 1. The molecule has 3 N–H and O–H groups in total. The molecule has 9 heteroatoms. The Kier molecular flexibility index (Phi) is 11.3. The normalized spacial score (nSPS) is 12.6. The van der Waals surface area contributed by atoms with E-state index < -0.39 is 20.3 Å². The van der Waals surface area contributed by atoms with Crippen molar-refractivity contribution in [2.75, 3.05) is 0 Å². The minimum atomic E-state index is -3.13. The number of carbonyl (C=O) groups is 1. The van der Waals surface area contributed by atoms with Crippen LogP contribution >= 0.6 is 36.2 Å². The van der Waals surface area contributed by atoms with E-state index in [0.717, 1.165) is 3.45 Å². The average Bonchev–Trinajstić information content (AvgIpc) is 1.97. The number of carboxylic acids is 1. The molecule has 0 amide bonds. The zero-order valence-electron chi connectivity index (χ0n) is 8.22. The van der Waals surface area contributed by atoms with Gasteiger partial charge in [0.05, 0.1) is 0 Å². The molecule has 0 bridgehead atoms. The third-order valence-corrected chi connectivity index (χ3v) is 1.95. The molecule has 0 aliphatic heterocycles. The second kappa shape index (κ2) is 9.57. The van der Waals surface area contributed by atoms with Gasteiger partial charge in [-0.15, -0.1) is 3.45 Å². The van der Waals surface area contributed by atoms with E-state index in [1.54, 1.807) is 0 Å². The number of halogens is 2. The maximum Gasteiger partial charge on any atom is 0.323 e. The molecule has 0 aliphatic rings. The van der Waals surface area contributed by atoms with E-state index in [-0.39, 0.29) is 0 Å². The molecule has 0 saturated carbocycles. The summed E-state index contributed by atoms with van der Waals surface area (Å²) in [7, 11) is -3.13. The van der Waals surface area contributed by atoms with Crippen LogP contribution in [0.15, 0.2) is 0 Å². The Balaban J connectivity index is 0. The third-order valence-electron chi connectivity index (χ3n) is 1.22. The molecule has 0 spiro atoms. The van der Waals surface area contributed by atoms with E-state index in [9.17, 15) is 4.79 Å². The van der Waals surface area contributed by atoms with Gasteiger partial charge in [-0.2, -0.15) is 0 Å². The molecule has 0 aromatic heterocycles. The zero-order chi connectivity index (χ0) is 12.6. The molecular weight excluding hydrogens is 312 g/mol. The van der Waals surface area contributed by atoms with Crippen molar-refractivity contribution < 1.29 is 24.3 Å². The summed E-state index contributed by atoms with van der Waals surface area (Å²) in [6, 6.07) is -0.656. The third kappa shape index (κ3) is 14.4. The Labute approximate surface area is 102 Å². The van der Waals surface area contributed by atoms with E-state index in [1.165, 1.54) is 0 Å². The van der Waals surface area contributed by atoms with Crippen molar-refractivity contribution in [3.05, 3.63) is 0 Å². The van der Waals surface area contributed by atoms with E-state index in [1.807, 2.05) is 13.8 Å². The van der Waals surface area contributed by atoms with Gasteiger partial charge in [-0.05, 0) is 24.1 Å². The summed E-state index contributed by atoms with van der Waals surface area (Å²) in [5, 5.41) is 8.64. The Morgan fingerprint density at radius 3 is 1.93 bits per heavy atom. The molecule has 1 atom stereocenters. The van der Waals surface area contributed by atoms with Crippen LogP contribution in [-0.4, -0.2) is 30.3 Å². The summed E-state index contributed by atoms with van der Waals surface area (Å²) >= 11 is 8.34. The SMILES string of the molecule is CC(C)C[C@@H](C(=O)O)N(Cl)Br.O=[PH](O)O. The van der Waals surface area contributed by atoms with Crippen molar-refractivity contribution in [2.45, 2.75) is 26.3 Å². The van der Waals surface area contributed by atoms with Gasteiger partial charge < -0.3 is 14.9 Å². The van der Waals surface area contributed by atoms with Gasteiger partial charge >= 0.3 is 14.2 Å². The minimum absolute atomic E-state index is 0.315. The predicted octanol–water partition coefficient (Wildman–Crippen LogP) is 1.61. The van der Waals surface area contributed by atoms with Gasteiger partial charge in [-0.3, -0.25) is 9.36 Å². The highest BCUT2D eigenvalue weighted by Gasteiger charge is 2.23. The molecule has 92 valence electrons. The lowest BCUT2D eigenvalue weighted by Gasteiger charge is -2.16. The fourth-order valence-electron chi connectivity index (χ4n) is 0.711. The van der Waals surface area contributed by atoms with Crippen molar-refractivity contribution in [1.82, 2.24) is 3.45 Å². The van der Waals surface area contributed by atoms with Gasteiger partial charge in [0.1, 0.15) is 6.04 Å². The summed E-state index contributed by atoms with van der Waals surface area (Å²) in [6.45, 7) is 3.90. The largest absolute Gasteiger partial charge is 0.480 e. The average molecular weight is 327 g/mol. The van der Waals surface area contributed by atoms with Crippen LogP contribution in [0, 0.1) is 5.92 Å². The Hall–Kier alpha value is 0.350. The van der Waals surface area contributed by atoms with Gasteiger partial charge in [-0.1, -0.05) is 13.8 Å². The molecule has 6 nitrogen and oxygen atoms in total. The highest BCUT2D eigenvalue weighted by atomic mass is 79.9. The van der Waals surface area contributed by atoms with E-state index in [4.69, 9.17) is 31.2 Å². The van der Waals surface area contributed by atoms with Crippen LogP contribution in [0.3, 0.4) is 0 Å². The topological polar surface area (TPSA) is 98.1 Å². The van der Waals surface area contributed by atoms with Gasteiger partial charge in [0, 0.05) is 16.1 Å². The molecule has 0 heterocycles. The Morgan fingerprint density at radius 1 is 1.53 bits per heavy atom. The van der Waals surface area contributed by atoms with Crippen molar-refractivity contribution in [3.63, 3.8) is 0 Å². The number of hydrogen-bond acceptors (Lipinski definition) is 3. The van der Waals surface area contributed by atoms with Gasteiger partial charge in [0.25, 0.3) is 0 Å². The quantitative estimate of drug-likeness (QED) is 0.536. The lowest BCUT2D eigenvalue weighted by atomic mass is 10.1. The second-order valence-electron chi connectivity index (χ2n) is 3.03. The second-order valence-corrected chi connectivity index (χ2v) is 5.13. The smallest absolute Gasteiger partial charge is 0.323 e. The lowest BCUT2D eigenvalue weighted by molar-refractivity contribution is -0.140. The molecule has 15 heavy (non-hydrogen) atoms. The number of carboxylic acid groups (broad SMARTS) is 1. The molecule has 0 aromatic carbocycles. The standard InChI is InChI=1S/C6H11BrClNO2.H3O3P/c1-4(2)3-5(6(10)11)9(7)8;1-4(2)3/h4-5H,3H2,1-2H3,(H,10,11);4H,(H2,1,2,3)/t5-;/m0./s1. The number of hydrogen-bond donors (Lipinski definition) is 3. The first kappa shape index (κ1) is 17.7. The molecule has 0 aromatic rings. The highest BCUT2D eigenvalue weighted by Crippen LogP contribution is 2.17. The predicted molar refractivity (Wildman–Crippen MR) is 60.9 cm³/mol. The summed E-state index contributed by atoms with van der Waals surface area (Å²) in [6.07, 6.45) is 0.532. The maximum atomic E-state index is 10.5. The minimum Gasteiger partial charge on any atom is -0.480 e. The highest BCUT2D eigenvalue weighted by molar-refractivity contribution is 9.08. The monoisotopic (exact) mass is 325 g/mol. The summed E-state index contributed by atoms with van der Waals surface area (Å²) in [4.78, 5) is 24.8. The number of nitrogens with zero attached hydrogens (tertiary/aromatic N) is 1. The maximum absolute atomic E-state index is 10.5. The first-order valence-electron chi connectivity index (χ1n) is 3.94. The molecule has 0 unspecified atom stereocenters. The summed E-state index contributed by atoms with van der Waals surface area (Å²) < 4.78 is 9.76. The first-order chi connectivity index (χ1) is 6.68. The van der Waals surface area contributed by atoms with Gasteiger partial charge in [0.2, 0.25) is 0 Å². The molecule has 0 fully saturated rings. The van der Waals surface area contributed by atoms with Crippen molar-refractivity contribution in [3.8, 4) is 0 Å². The molecule has 0 saturated heterocycles. The number of rotatable bonds is 4. The van der Waals surface area contributed by atoms with Crippen LogP contribution in [0.5, 0.6) is 0 Å². The fourth-order valence-corrected chi connectivity index (χ4v) is 1.22. The van der Waals surface area contributed by atoms with Crippen LogP contribution in [0.1, 0.15) is 20.3 Å². The lowest BCUT2D eigenvalue weighted by Crippen LogP contribution is -2.30. The van der Waals surface area contributed by atoms with Gasteiger partial charge in [-0.25, -0.2) is 0 Å². The fraction of sp³-hybridized carbons (Fsp3) is 0.833. The summed E-state index contributed by atoms with van der Waals surface area (Å²) in [5.74, 6) is -0.597. The van der Waals surface area contributed by atoms with Gasteiger partial charge in [0.15, 0.2) is 0 Å². The molecule has 0 radical (unpaired) electrons.